The average molecular weight is 547 g/mol. The Bertz CT molecular complexity index is 1150. The van der Waals surface area contributed by atoms with Crippen molar-refractivity contribution in [3.63, 3.8) is 0 Å². The molecule has 0 N–H and O–H groups in total. The van der Waals surface area contributed by atoms with Gasteiger partial charge in [0.15, 0.2) is 0 Å². The van der Waals surface area contributed by atoms with E-state index in [0.29, 0.717) is 35.0 Å². The van der Waals surface area contributed by atoms with Crippen molar-refractivity contribution >= 4 is 11.8 Å². The van der Waals surface area contributed by atoms with Crippen LogP contribution in [0.5, 0.6) is 0 Å². The Kier molecular flexibility index (Phi) is 7.71. The van der Waals surface area contributed by atoms with E-state index in [4.69, 9.17) is 4.74 Å². The normalized spacial score (nSPS) is 39.1. The highest BCUT2D eigenvalue weighted by molar-refractivity contribution is 5.92. The number of ketones is 1. The molecule has 0 saturated heterocycles. The molecule has 0 heterocycles. The summed E-state index contributed by atoms with van der Waals surface area (Å²) in [4.78, 5) is 27.1. The van der Waals surface area contributed by atoms with Gasteiger partial charge < -0.3 is 4.74 Å². The minimum atomic E-state index is -0.346. The van der Waals surface area contributed by atoms with Crippen LogP contribution in [0.2, 0.25) is 0 Å². The molecule has 1 aromatic rings. The Morgan fingerprint density at radius 3 is 2.35 bits per heavy atom. The van der Waals surface area contributed by atoms with Gasteiger partial charge in [0.2, 0.25) is 0 Å². The van der Waals surface area contributed by atoms with Crippen molar-refractivity contribution in [3.8, 4) is 0 Å². The summed E-state index contributed by atoms with van der Waals surface area (Å²) in [7, 11) is 0. The summed E-state index contributed by atoms with van der Waals surface area (Å²) < 4.78 is 6.22. The molecule has 5 rings (SSSR count). The third-order valence-corrected chi connectivity index (χ3v) is 13.1. The number of allylic oxidation sites excluding steroid dienone is 2. The molecule has 0 bridgehead atoms. The van der Waals surface area contributed by atoms with Gasteiger partial charge in [-0.2, -0.15) is 0 Å². The molecule has 0 aromatic heterocycles. The number of esters is 1. The van der Waals surface area contributed by atoms with Gasteiger partial charge in [-0.1, -0.05) is 97.6 Å². The van der Waals surface area contributed by atoms with Gasteiger partial charge in [-0.25, -0.2) is 4.79 Å². The van der Waals surface area contributed by atoms with Crippen molar-refractivity contribution in [2.24, 2.45) is 51.2 Å². The van der Waals surface area contributed by atoms with Gasteiger partial charge in [-0.15, -0.1) is 0 Å². The smallest absolute Gasteiger partial charge is 0.338 e. The Morgan fingerprint density at radius 1 is 0.975 bits per heavy atom. The number of carbonyl (C=O) groups is 2. The first-order valence-electron chi connectivity index (χ1n) is 16.3. The van der Waals surface area contributed by atoms with E-state index in [0.717, 1.165) is 38.0 Å². The summed E-state index contributed by atoms with van der Waals surface area (Å²) in [6, 6.07) is 9.40. The Balaban J connectivity index is 1.40. The van der Waals surface area contributed by atoms with E-state index in [2.05, 4.69) is 61.5 Å². The van der Waals surface area contributed by atoms with E-state index in [1.807, 2.05) is 30.3 Å². The molecule has 0 amide bonds. The van der Waals surface area contributed by atoms with Crippen molar-refractivity contribution in [1.29, 1.82) is 0 Å². The van der Waals surface area contributed by atoms with Gasteiger partial charge in [-0.3, -0.25) is 4.79 Å². The predicted molar refractivity (Wildman–Crippen MR) is 163 cm³/mol. The van der Waals surface area contributed by atoms with Gasteiger partial charge in [-0.05, 0) is 91.6 Å². The van der Waals surface area contributed by atoms with Crippen molar-refractivity contribution < 1.29 is 14.3 Å². The van der Waals surface area contributed by atoms with Crippen LogP contribution >= 0.6 is 0 Å². The molecule has 3 fully saturated rings. The monoisotopic (exact) mass is 546 g/mol. The molecule has 8 atom stereocenters. The lowest BCUT2D eigenvalue weighted by molar-refractivity contribution is -0.143. The van der Waals surface area contributed by atoms with E-state index in [9.17, 15) is 9.59 Å². The van der Waals surface area contributed by atoms with Crippen LogP contribution < -0.4 is 0 Å². The summed E-state index contributed by atoms with van der Waals surface area (Å²) >= 11 is 0. The minimum absolute atomic E-state index is 0.0464. The van der Waals surface area contributed by atoms with Crippen molar-refractivity contribution in [3.05, 3.63) is 47.5 Å². The molecule has 0 spiro atoms. The van der Waals surface area contributed by atoms with E-state index < -0.39 is 0 Å². The topological polar surface area (TPSA) is 43.4 Å². The Hall–Kier alpha value is -1.90. The van der Waals surface area contributed by atoms with Crippen LogP contribution in [0.1, 0.15) is 124 Å². The van der Waals surface area contributed by atoms with Crippen LogP contribution in [0.15, 0.2) is 42.0 Å². The second kappa shape index (κ2) is 10.4. The number of fused-ring (bicyclic) bond motifs is 5. The molecular formula is C37H54O3. The molecule has 3 saturated carbocycles. The first-order valence-corrected chi connectivity index (χ1v) is 16.3. The van der Waals surface area contributed by atoms with Crippen LogP contribution in [0.4, 0.5) is 0 Å². The molecule has 1 aromatic carbocycles. The highest BCUT2D eigenvalue weighted by atomic mass is 16.5. The Labute approximate surface area is 243 Å². The van der Waals surface area contributed by atoms with E-state index >= 15 is 0 Å². The first-order chi connectivity index (χ1) is 18.8. The fraction of sp³-hybridized carbons (Fsp3) is 0.730. The molecule has 0 unspecified atom stereocenters. The average Bonchev–Trinajstić information content (AvgIpc) is 3.12. The van der Waals surface area contributed by atoms with Gasteiger partial charge >= 0.3 is 5.97 Å². The summed E-state index contributed by atoms with van der Waals surface area (Å²) in [5.74, 6) is 2.97. The minimum Gasteiger partial charge on any atom is -0.458 e. The van der Waals surface area contributed by atoms with Crippen LogP contribution in [0.3, 0.4) is 0 Å². The zero-order valence-corrected chi connectivity index (χ0v) is 26.5. The lowest BCUT2D eigenvalue weighted by atomic mass is 9.41. The summed E-state index contributed by atoms with van der Waals surface area (Å²) in [5.41, 5.74) is 1.79. The molecule has 4 aliphatic carbocycles. The quantitative estimate of drug-likeness (QED) is 0.253. The standard InChI is InChI=1S/C37H54O3/c1-24(2)13-12-14-25(3)29-23-31(38)37(8)28-17-18-30-34(4,5)32(40-33(39)26-15-10-9-11-16-26)20-21-35(30,6)27(28)19-22-36(29,37)7/h9-11,15-17,24-25,27,29-30,32H,12-14,18-23H2,1-8H3/t25-,27+,29-,30+,32+,35-,36-,37-/m1/s1. The molecular weight excluding hydrogens is 492 g/mol. The lowest BCUT2D eigenvalue weighted by Crippen LogP contribution is -2.59. The van der Waals surface area contributed by atoms with Crippen molar-refractivity contribution in [1.82, 2.24) is 0 Å². The highest BCUT2D eigenvalue weighted by Crippen LogP contribution is 2.72. The second-order valence-corrected chi connectivity index (χ2v) is 15.7. The third-order valence-electron chi connectivity index (χ3n) is 13.1. The number of hydrogen-bond donors (Lipinski definition) is 0. The Morgan fingerprint density at radius 2 is 1.68 bits per heavy atom. The molecule has 4 aliphatic rings. The summed E-state index contributed by atoms with van der Waals surface area (Å²) in [6.45, 7) is 19.0. The van der Waals surface area contributed by atoms with Crippen molar-refractivity contribution in [2.45, 2.75) is 119 Å². The molecule has 3 nitrogen and oxygen atoms in total. The van der Waals surface area contributed by atoms with Gasteiger partial charge in [0, 0.05) is 11.8 Å². The first kappa shape index (κ1) is 29.6. The highest BCUT2D eigenvalue weighted by Gasteiger charge is 2.68. The second-order valence-electron chi connectivity index (χ2n) is 15.7. The maximum Gasteiger partial charge on any atom is 0.338 e. The third kappa shape index (κ3) is 4.44. The van der Waals surface area contributed by atoms with E-state index in [1.165, 1.54) is 31.3 Å². The van der Waals surface area contributed by atoms with E-state index in [1.54, 1.807) is 0 Å². The van der Waals surface area contributed by atoms with Gasteiger partial charge in [0.05, 0.1) is 11.0 Å². The van der Waals surface area contributed by atoms with Crippen LogP contribution in [0.25, 0.3) is 0 Å². The maximum atomic E-state index is 14.1. The van der Waals surface area contributed by atoms with Gasteiger partial charge in [0.25, 0.3) is 0 Å². The number of Topliss-reactive ketones (excluding diaryl/α,β-unsaturated/α-hetero) is 1. The SMILES string of the molecule is CC(C)CCC[C@@H](C)[C@H]1CC(=O)[C@@]2(C)C3=CC[C@H]4C(C)(C)[C@@H](OC(=O)c5ccccc5)CC[C@]4(C)[C@H]3CC[C@]12C. The lowest BCUT2D eigenvalue weighted by Gasteiger charge is -2.64. The van der Waals surface area contributed by atoms with Gasteiger partial charge in [0.1, 0.15) is 11.9 Å². The number of ether oxygens (including phenoxy) is 1. The number of hydrogen-bond acceptors (Lipinski definition) is 3. The summed E-state index contributed by atoms with van der Waals surface area (Å²) in [6.07, 6.45) is 12.2. The zero-order chi connectivity index (χ0) is 29.1. The molecule has 0 radical (unpaired) electrons. The van der Waals surface area contributed by atoms with Crippen LogP contribution in [-0.4, -0.2) is 17.9 Å². The van der Waals surface area contributed by atoms with Crippen molar-refractivity contribution in [2.75, 3.05) is 0 Å². The summed E-state index contributed by atoms with van der Waals surface area (Å²) in [5, 5.41) is 0. The number of carbonyl (C=O) groups excluding carboxylic acids is 2. The molecule has 220 valence electrons. The fourth-order valence-electron chi connectivity index (χ4n) is 10.4. The number of rotatable bonds is 7. The molecule has 3 heteroatoms. The largest absolute Gasteiger partial charge is 0.458 e. The van der Waals surface area contributed by atoms with Crippen LogP contribution in [-0.2, 0) is 9.53 Å². The number of benzene rings is 1. The van der Waals surface area contributed by atoms with Crippen LogP contribution in [0, 0.1) is 51.2 Å². The fourth-order valence-corrected chi connectivity index (χ4v) is 10.4. The van der Waals surface area contributed by atoms with E-state index in [-0.39, 0.29) is 33.7 Å². The zero-order valence-electron chi connectivity index (χ0n) is 26.5. The molecule has 0 aliphatic heterocycles. The molecule has 40 heavy (non-hydrogen) atoms. The maximum absolute atomic E-state index is 14.1. The predicted octanol–water partition coefficient (Wildman–Crippen LogP) is 9.46.